The standard InChI is InChI=1S/C14H13BN2O2S/c1-8-14(20-9(2)16-8)13-5-3-10-7-11(15(18)19)4-6-12(10)17-13/h3-7,18-19H,1-2H3. The highest BCUT2D eigenvalue weighted by Crippen LogP contribution is 2.29. The molecule has 0 bridgehead atoms. The lowest BCUT2D eigenvalue weighted by atomic mass is 9.80. The first-order valence-corrected chi connectivity index (χ1v) is 7.07. The number of hydrogen-bond acceptors (Lipinski definition) is 5. The largest absolute Gasteiger partial charge is 0.488 e. The summed E-state index contributed by atoms with van der Waals surface area (Å²) in [6, 6.07) is 9.10. The van der Waals surface area contributed by atoms with E-state index in [0.29, 0.717) is 5.46 Å². The van der Waals surface area contributed by atoms with Crippen LogP contribution in [0.1, 0.15) is 10.7 Å². The first-order valence-electron chi connectivity index (χ1n) is 6.26. The van der Waals surface area contributed by atoms with Gasteiger partial charge in [0.25, 0.3) is 0 Å². The van der Waals surface area contributed by atoms with Crippen molar-refractivity contribution >= 4 is 34.8 Å². The Hall–Kier alpha value is -1.76. The minimum Gasteiger partial charge on any atom is -0.423 e. The highest BCUT2D eigenvalue weighted by molar-refractivity contribution is 7.15. The maximum absolute atomic E-state index is 9.18. The molecule has 100 valence electrons. The van der Waals surface area contributed by atoms with Crippen LogP contribution in [0.3, 0.4) is 0 Å². The van der Waals surface area contributed by atoms with Crippen LogP contribution >= 0.6 is 11.3 Å². The quantitative estimate of drug-likeness (QED) is 0.702. The molecular formula is C14H13BN2O2S. The van der Waals surface area contributed by atoms with Crippen molar-refractivity contribution in [1.29, 1.82) is 0 Å². The van der Waals surface area contributed by atoms with E-state index >= 15 is 0 Å². The average molecular weight is 284 g/mol. The number of thiazole rings is 1. The molecule has 20 heavy (non-hydrogen) atoms. The van der Waals surface area contributed by atoms with E-state index in [4.69, 9.17) is 0 Å². The van der Waals surface area contributed by atoms with Crippen molar-refractivity contribution in [2.75, 3.05) is 0 Å². The minimum atomic E-state index is -1.45. The first kappa shape index (κ1) is 13.2. The molecule has 0 unspecified atom stereocenters. The smallest absolute Gasteiger partial charge is 0.423 e. The zero-order chi connectivity index (χ0) is 14.3. The molecule has 0 fully saturated rings. The Morgan fingerprint density at radius 1 is 1.05 bits per heavy atom. The Labute approximate surface area is 120 Å². The second kappa shape index (κ2) is 4.97. The van der Waals surface area contributed by atoms with Crippen molar-refractivity contribution in [2.45, 2.75) is 13.8 Å². The Morgan fingerprint density at radius 3 is 2.50 bits per heavy atom. The zero-order valence-electron chi connectivity index (χ0n) is 11.2. The van der Waals surface area contributed by atoms with Gasteiger partial charge in [0.15, 0.2) is 0 Å². The highest BCUT2D eigenvalue weighted by Gasteiger charge is 2.13. The van der Waals surface area contributed by atoms with Gasteiger partial charge in [0.05, 0.1) is 26.8 Å². The van der Waals surface area contributed by atoms with Crippen LogP contribution in [0.25, 0.3) is 21.5 Å². The maximum Gasteiger partial charge on any atom is 0.488 e. The van der Waals surface area contributed by atoms with Gasteiger partial charge in [0.1, 0.15) is 0 Å². The molecule has 3 aromatic rings. The van der Waals surface area contributed by atoms with Crippen molar-refractivity contribution in [3.05, 3.63) is 41.0 Å². The molecular weight excluding hydrogens is 271 g/mol. The highest BCUT2D eigenvalue weighted by atomic mass is 32.1. The third kappa shape index (κ3) is 2.33. The van der Waals surface area contributed by atoms with E-state index in [1.54, 1.807) is 29.5 Å². The van der Waals surface area contributed by atoms with Gasteiger partial charge >= 0.3 is 7.12 Å². The van der Waals surface area contributed by atoms with E-state index in [9.17, 15) is 10.0 Å². The van der Waals surface area contributed by atoms with Crippen LogP contribution in [-0.2, 0) is 0 Å². The number of aromatic nitrogens is 2. The number of rotatable bonds is 2. The predicted octanol–water partition coefficient (Wildman–Crippen LogP) is 1.65. The molecule has 0 saturated carbocycles. The molecule has 6 heteroatoms. The lowest BCUT2D eigenvalue weighted by Crippen LogP contribution is -2.29. The summed E-state index contributed by atoms with van der Waals surface area (Å²) in [5, 5.41) is 20.3. The molecule has 1 aromatic carbocycles. The molecule has 0 atom stereocenters. The fraction of sp³-hybridized carbons (Fsp3) is 0.143. The summed E-state index contributed by atoms with van der Waals surface area (Å²) in [5.74, 6) is 0. The van der Waals surface area contributed by atoms with E-state index in [1.807, 2.05) is 26.0 Å². The van der Waals surface area contributed by atoms with Gasteiger partial charge in [-0.3, -0.25) is 0 Å². The molecule has 0 radical (unpaired) electrons. The van der Waals surface area contributed by atoms with Crippen molar-refractivity contribution in [1.82, 2.24) is 9.97 Å². The number of nitrogens with zero attached hydrogens (tertiary/aromatic N) is 2. The number of fused-ring (bicyclic) bond motifs is 1. The number of aryl methyl sites for hydroxylation is 2. The fourth-order valence-electron chi connectivity index (χ4n) is 2.20. The monoisotopic (exact) mass is 284 g/mol. The second-order valence-electron chi connectivity index (χ2n) is 4.67. The molecule has 4 nitrogen and oxygen atoms in total. The number of hydrogen-bond donors (Lipinski definition) is 2. The minimum absolute atomic E-state index is 0.469. The summed E-state index contributed by atoms with van der Waals surface area (Å²) in [6.45, 7) is 3.97. The van der Waals surface area contributed by atoms with E-state index < -0.39 is 7.12 Å². The summed E-state index contributed by atoms with van der Waals surface area (Å²) < 4.78 is 0. The predicted molar refractivity (Wildman–Crippen MR) is 82.2 cm³/mol. The molecule has 0 aliphatic rings. The molecule has 0 aliphatic carbocycles. The molecule has 2 aromatic heterocycles. The molecule has 2 heterocycles. The van der Waals surface area contributed by atoms with Gasteiger partial charge in [-0.2, -0.15) is 0 Å². The summed E-state index contributed by atoms with van der Waals surface area (Å²) in [7, 11) is -1.45. The molecule has 3 rings (SSSR count). The molecule has 2 N–H and O–H groups in total. The average Bonchev–Trinajstić information content (AvgIpc) is 2.76. The van der Waals surface area contributed by atoms with Gasteiger partial charge in [-0.05, 0) is 36.8 Å². The number of pyridine rings is 1. The van der Waals surface area contributed by atoms with Gasteiger partial charge in [0.2, 0.25) is 0 Å². The summed E-state index contributed by atoms with van der Waals surface area (Å²) in [6.07, 6.45) is 0. The lowest BCUT2D eigenvalue weighted by Gasteiger charge is -2.04. The summed E-state index contributed by atoms with van der Waals surface area (Å²) in [4.78, 5) is 10.1. The molecule has 0 amide bonds. The number of benzene rings is 1. The van der Waals surface area contributed by atoms with Crippen molar-refractivity contribution in [3.63, 3.8) is 0 Å². The van der Waals surface area contributed by atoms with Gasteiger partial charge in [-0.1, -0.05) is 18.2 Å². The van der Waals surface area contributed by atoms with Crippen LogP contribution < -0.4 is 5.46 Å². The summed E-state index contributed by atoms with van der Waals surface area (Å²) in [5.41, 5.74) is 3.19. The molecule has 0 saturated heterocycles. The Bertz CT molecular complexity index is 786. The van der Waals surface area contributed by atoms with Crippen molar-refractivity contribution in [2.24, 2.45) is 0 Å². The third-order valence-electron chi connectivity index (χ3n) is 3.15. The SMILES string of the molecule is Cc1nc(C)c(-c2ccc3cc(B(O)O)ccc3n2)s1. The third-order valence-corrected chi connectivity index (χ3v) is 4.24. The topological polar surface area (TPSA) is 66.2 Å². The van der Waals surface area contributed by atoms with E-state index in [0.717, 1.165) is 32.2 Å². The van der Waals surface area contributed by atoms with Gasteiger partial charge in [0, 0.05) is 0 Å². The Kier molecular flexibility index (Phi) is 3.29. The van der Waals surface area contributed by atoms with Crippen molar-refractivity contribution < 1.29 is 10.0 Å². The Morgan fingerprint density at radius 2 is 1.85 bits per heavy atom. The van der Waals surface area contributed by atoms with Gasteiger partial charge in [-0.15, -0.1) is 11.3 Å². The van der Waals surface area contributed by atoms with Gasteiger partial charge in [-0.25, -0.2) is 9.97 Å². The van der Waals surface area contributed by atoms with Gasteiger partial charge < -0.3 is 10.0 Å². The molecule has 0 aliphatic heterocycles. The zero-order valence-corrected chi connectivity index (χ0v) is 12.0. The summed E-state index contributed by atoms with van der Waals surface area (Å²) >= 11 is 1.63. The van der Waals surface area contributed by atoms with Crippen LogP contribution in [0.4, 0.5) is 0 Å². The van der Waals surface area contributed by atoms with Crippen LogP contribution in [-0.4, -0.2) is 27.1 Å². The van der Waals surface area contributed by atoms with E-state index in [1.165, 1.54) is 0 Å². The fourth-order valence-corrected chi connectivity index (χ4v) is 3.09. The van der Waals surface area contributed by atoms with Crippen LogP contribution in [0.5, 0.6) is 0 Å². The Balaban J connectivity index is 2.12. The van der Waals surface area contributed by atoms with Crippen molar-refractivity contribution in [3.8, 4) is 10.6 Å². The molecule has 0 spiro atoms. The lowest BCUT2D eigenvalue weighted by molar-refractivity contribution is 0.426. The van der Waals surface area contributed by atoms with Crippen LogP contribution in [0.2, 0.25) is 0 Å². The van der Waals surface area contributed by atoms with Crippen LogP contribution in [0.15, 0.2) is 30.3 Å². The second-order valence-corrected chi connectivity index (χ2v) is 5.87. The maximum atomic E-state index is 9.18. The van der Waals surface area contributed by atoms with E-state index in [2.05, 4.69) is 9.97 Å². The normalized spacial score (nSPS) is 11.0. The van der Waals surface area contributed by atoms with E-state index in [-0.39, 0.29) is 0 Å². The van der Waals surface area contributed by atoms with Crippen LogP contribution in [0, 0.1) is 13.8 Å². The first-order chi connectivity index (χ1) is 9.54.